The first-order chi connectivity index (χ1) is 8.33. The summed E-state index contributed by atoms with van der Waals surface area (Å²) in [6.07, 6.45) is 2.39. The smallest absolute Gasteiger partial charge is 0.110 e. The fourth-order valence-corrected chi connectivity index (χ4v) is 2.95. The van der Waals surface area contributed by atoms with Crippen molar-refractivity contribution in [3.05, 3.63) is 40.5 Å². The van der Waals surface area contributed by atoms with E-state index >= 15 is 0 Å². The van der Waals surface area contributed by atoms with Crippen LogP contribution < -0.4 is 5.32 Å². The van der Waals surface area contributed by atoms with Crippen LogP contribution in [0.5, 0.6) is 0 Å². The highest BCUT2D eigenvalue weighted by molar-refractivity contribution is 9.10. The van der Waals surface area contributed by atoms with Crippen LogP contribution in [0.1, 0.15) is 12.0 Å². The first-order valence-electron chi connectivity index (χ1n) is 6.08. The fraction of sp³-hybridized carbons (Fsp3) is 0.357. The maximum absolute atomic E-state index is 4.61. The van der Waals surface area contributed by atoms with Crippen molar-refractivity contribution < 1.29 is 0 Å². The minimum absolute atomic E-state index is 0.759. The van der Waals surface area contributed by atoms with Crippen LogP contribution >= 0.6 is 15.9 Å². The first kappa shape index (κ1) is 11.2. The van der Waals surface area contributed by atoms with Gasteiger partial charge < -0.3 is 5.32 Å². The number of hydrogen-bond donors (Lipinski definition) is 1. The number of para-hydroxylation sites is 1. The lowest BCUT2D eigenvalue weighted by Gasteiger charge is -2.10. The zero-order valence-corrected chi connectivity index (χ0v) is 11.2. The summed E-state index contributed by atoms with van der Waals surface area (Å²) in [5, 5.41) is 4.65. The van der Waals surface area contributed by atoms with Crippen molar-refractivity contribution in [3.8, 4) is 0 Å². The predicted molar refractivity (Wildman–Crippen MR) is 74.1 cm³/mol. The molecule has 0 bridgehead atoms. The number of pyridine rings is 1. The average Bonchev–Trinajstić information content (AvgIpc) is 2.83. The van der Waals surface area contributed by atoms with E-state index in [0.29, 0.717) is 0 Å². The molecule has 1 aromatic carbocycles. The van der Waals surface area contributed by atoms with Gasteiger partial charge in [0.05, 0.1) is 5.52 Å². The van der Waals surface area contributed by atoms with Crippen molar-refractivity contribution in [2.24, 2.45) is 5.92 Å². The molecule has 1 aromatic heterocycles. The average molecular weight is 291 g/mol. The highest BCUT2D eigenvalue weighted by atomic mass is 79.9. The van der Waals surface area contributed by atoms with Gasteiger partial charge in [0.25, 0.3) is 0 Å². The molecule has 17 heavy (non-hydrogen) atoms. The Morgan fingerprint density at radius 3 is 3.06 bits per heavy atom. The van der Waals surface area contributed by atoms with Crippen molar-refractivity contribution in [1.82, 2.24) is 10.3 Å². The van der Waals surface area contributed by atoms with Crippen molar-refractivity contribution in [3.63, 3.8) is 0 Å². The summed E-state index contributed by atoms with van der Waals surface area (Å²) < 4.78 is 1.00. The standard InChI is InChI=1S/C14H15BrN2/c15-14-12(7-10-5-6-16-9-10)8-11-3-1-2-4-13(11)17-14/h1-4,8,10,16H,5-7,9H2. The van der Waals surface area contributed by atoms with Gasteiger partial charge in [0.2, 0.25) is 0 Å². The number of rotatable bonds is 2. The lowest BCUT2D eigenvalue weighted by Crippen LogP contribution is -2.11. The summed E-state index contributed by atoms with van der Waals surface area (Å²) in [5.74, 6) is 0.759. The summed E-state index contributed by atoms with van der Waals surface area (Å²) in [6, 6.07) is 10.6. The molecule has 3 heteroatoms. The molecule has 1 saturated heterocycles. The number of fused-ring (bicyclic) bond motifs is 1. The van der Waals surface area contributed by atoms with Crippen LogP contribution in [0, 0.1) is 5.92 Å². The van der Waals surface area contributed by atoms with Gasteiger partial charge in [0, 0.05) is 5.39 Å². The predicted octanol–water partition coefficient (Wildman–Crippen LogP) is 3.15. The van der Waals surface area contributed by atoms with Crippen LogP contribution in [0.15, 0.2) is 34.9 Å². The molecule has 2 aromatic rings. The lowest BCUT2D eigenvalue weighted by molar-refractivity contribution is 0.578. The lowest BCUT2D eigenvalue weighted by atomic mass is 9.99. The van der Waals surface area contributed by atoms with Crippen LogP contribution in [-0.2, 0) is 6.42 Å². The first-order valence-corrected chi connectivity index (χ1v) is 6.87. The molecule has 1 fully saturated rings. The molecular weight excluding hydrogens is 276 g/mol. The van der Waals surface area contributed by atoms with Crippen LogP contribution in [0.2, 0.25) is 0 Å². The van der Waals surface area contributed by atoms with Gasteiger partial charge in [-0.2, -0.15) is 0 Å². The second-order valence-electron chi connectivity index (χ2n) is 4.69. The van der Waals surface area contributed by atoms with E-state index in [2.05, 4.69) is 50.5 Å². The van der Waals surface area contributed by atoms with Crippen molar-refractivity contribution in [2.45, 2.75) is 12.8 Å². The number of aromatic nitrogens is 1. The van der Waals surface area contributed by atoms with E-state index in [0.717, 1.165) is 35.5 Å². The molecule has 2 heterocycles. The highest BCUT2D eigenvalue weighted by Gasteiger charge is 2.16. The van der Waals surface area contributed by atoms with E-state index < -0.39 is 0 Å². The van der Waals surface area contributed by atoms with E-state index in [4.69, 9.17) is 0 Å². The maximum Gasteiger partial charge on any atom is 0.110 e. The molecule has 0 amide bonds. The molecule has 1 atom stereocenters. The third-order valence-corrected chi connectivity index (χ3v) is 4.11. The van der Waals surface area contributed by atoms with E-state index in [-0.39, 0.29) is 0 Å². The van der Waals surface area contributed by atoms with E-state index in [1.807, 2.05) is 6.07 Å². The second-order valence-corrected chi connectivity index (χ2v) is 5.45. The molecule has 1 N–H and O–H groups in total. The van der Waals surface area contributed by atoms with E-state index in [9.17, 15) is 0 Å². The Labute approximate surface area is 110 Å². The number of halogens is 1. The van der Waals surface area contributed by atoms with E-state index in [1.54, 1.807) is 0 Å². The van der Waals surface area contributed by atoms with Gasteiger partial charge >= 0.3 is 0 Å². The van der Waals surface area contributed by atoms with Crippen molar-refractivity contribution >= 4 is 26.8 Å². The molecule has 3 rings (SSSR count). The Morgan fingerprint density at radius 1 is 1.35 bits per heavy atom. The van der Waals surface area contributed by atoms with Crippen LogP contribution in [0.3, 0.4) is 0 Å². The summed E-state index contributed by atoms with van der Waals surface area (Å²) in [7, 11) is 0. The molecular formula is C14H15BrN2. The van der Waals surface area contributed by atoms with Gasteiger partial charge in [0.1, 0.15) is 4.60 Å². The van der Waals surface area contributed by atoms with Gasteiger partial charge in [-0.25, -0.2) is 4.98 Å². The summed E-state index contributed by atoms with van der Waals surface area (Å²) >= 11 is 3.59. The van der Waals surface area contributed by atoms with Gasteiger partial charge in [-0.3, -0.25) is 0 Å². The topological polar surface area (TPSA) is 24.9 Å². The zero-order valence-electron chi connectivity index (χ0n) is 9.62. The zero-order chi connectivity index (χ0) is 11.7. The minimum Gasteiger partial charge on any atom is -0.316 e. The maximum atomic E-state index is 4.61. The molecule has 0 aliphatic carbocycles. The van der Waals surface area contributed by atoms with Gasteiger partial charge in [0.15, 0.2) is 0 Å². The monoisotopic (exact) mass is 290 g/mol. The molecule has 1 unspecified atom stereocenters. The molecule has 0 spiro atoms. The largest absolute Gasteiger partial charge is 0.316 e. The van der Waals surface area contributed by atoms with E-state index in [1.165, 1.54) is 17.4 Å². The summed E-state index contributed by atoms with van der Waals surface area (Å²) in [6.45, 7) is 2.29. The Kier molecular flexibility index (Phi) is 3.12. The Balaban J connectivity index is 1.95. The molecule has 2 nitrogen and oxygen atoms in total. The Bertz CT molecular complexity index is 533. The van der Waals surface area contributed by atoms with Gasteiger partial charge in [-0.15, -0.1) is 0 Å². The van der Waals surface area contributed by atoms with Crippen molar-refractivity contribution in [2.75, 3.05) is 13.1 Å². The number of hydrogen-bond acceptors (Lipinski definition) is 2. The SMILES string of the molecule is Brc1nc2ccccc2cc1CC1CCNC1. The third-order valence-electron chi connectivity index (χ3n) is 3.42. The molecule has 1 aliphatic heterocycles. The van der Waals surface area contributed by atoms with Crippen LogP contribution in [0.4, 0.5) is 0 Å². The van der Waals surface area contributed by atoms with Gasteiger partial charge in [-0.05, 0) is 65.5 Å². The van der Waals surface area contributed by atoms with Crippen molar-refractivity contribution in [1.29, 1.82) is 0 Å². The van der Waals surface area contributed by atoms with Gasteiger partial charge in [-0.1, -0.05) is 18.2 Å². The minimum atomic E-state index is 0.759. The molecule has 0 radical (unpaired) electrons. The van der Waals surface area contributed by atoms with Crippen LogP contribution in [0.25, 0.3) is 10.9 Å². The summed E-state index contributed by atoms with van der Waals surface area (Å²) in [5.41, 5.74) is 2.39. The summed E-state index contributed by atoms with van der Waals surface area (Å²) in [4.78, 5) is 4.61. The molecule has 0 saturated carbocycles. The second kappa shape index (κ2) is 4.75. The molecule has 1 aliphatic rings. The number of nitrogens with one attached hydrogen (secondary N) is 1. The Morgan fingerprint density at radius 2 is 2.24 bits per heavy atom. The fourth-order valence-electron chi connectivity index (χ4n) is 2.48. The number of nitrogens with zero attached hydrogens (tertiary/aromatic N) is 1. The highest BCUT2D eigenvalue weighted by Crippen LogP contribution is 2.24. The number of benzene rings is 1. The van der Waals surface area contributed by atoms with Crippen LogP contribution in [-0.4, -0.2) is 18.1 Å². The normalized spacial score (nSPS) is 19.9. The Hall–Kier alpha value is -0.930. The quantitative estimate of drug-likeness (QED) is 0.860. The third kappa shape index (κ3) is 2.35. The molecule has 88 valence electrons.